The molecule has 1 aromatic heterocycles. The maximum Gasteiger partial charge on any atom is 0.325 e. The molecule has 0 saturated carbocycles. The van der Waals surface area contributed by atoms with E-state index < -0.39 is 18.0 Å². The molecule has 0 bridgehead atoms. The Labute approximate surface area is 112 Å². The lowest BCUT2D eigenvalue weighted by atomic mass is 10.3. The predicted octanol–water partition coefficient (Wildman–Crippen LogP) is 0.662. The van der Waals surface area contributed by atoms with Crippen molar-refractivity contribution in [3.63, 3.8) is 0 Å². The normalized spacial score (nSPS) is 11.9. The highest BCUT2D eigenvalue weighted by atomic mass is 16.4. The van der Waals surface area contributed by atoms with Crippen molar-refractivity contribution in [2.24, 2.45) is 0 Å². The van der Waals surface area contributed by atoms with E-state index in [1.807, 2.05) is 24.6 Å². The maximum absolute atomic E-state index is 11.3. The lowest BCUT2D eigenvalue weighted by molar-refractivity contribution is -0.138. The van der Waals surface area contributed by atoms with Gasteiger partial charge in [-0.2, -0.15) is 5.10 Å². The van der Waals surface area contributed by atoms with E-state index >= 15 is 0 Å². The smallest absolute Gasteiger partial charge is 0.325 e. The van der Waals surface area contributed by atoms with Crippen molar-refractivity contribution < 1.29 is 14.7 Å². The van der Waals surface area contributed by atoms with E-state index in [9.17, 15) is 9.59 Å². The molecule has 19 heavy (non-hydrogen) atoms. The number of hydrogen-bond donors (Lipinski definition) is 3. The molecule has 1 rings (SSSR count). The molecule has 0 fully saturated rings. The van der Waals surface area contributed by atoms with E-state index in [0.29, 0.717) is 13.1 Å². The van der Waals surface area contributed by atoms with Crippen LogP contribution in [0, 0.1) is 13.8 Å². The first-order valence-electron chi connectivity index (χ1n) is 6.18. The topological polar surface area (TPSA) is 96.2 Å². The Hall–Kier alpha value is -2.05. The molecule has 7 heteroatoms. The third-order valence-corrected chi connectivity index (χ3v) is 2.65. The summed E-state index contributed by atoms with van der Waals surface area (Å²) in [6.07, 6.45) is 0.733. The van der Waals surface area contributed by atoms with Gasteiger partial charge in [-0.3, -0.25) is 9.48 Å². The second-order valence-electron chi connectivity index (χ2n) is 4.46. The third kappa shape index (κ3) is 4.99. The van der Waals surface area contributed by atoms with Gasteiger partial charge in [-0.1, -0.05) is 0 Å². The summed E-state index contributed by atoms with van der Waals surface area (Å²) >= 11 is 0. The fraction of sp³-hybridized carbons (Fsp3) is 0.583. The van der Waals surface area contributed by atoms with Gasteiger partial charge in [-0.05, 0) is 33.3 Å². The minimum Gasteiger partial charge on any atom is -0.480 e. The van der Waals surface area contributed by atoms with Crippen LogP contribution in [0.3, 0.4) is 0 Å². The van der Waals surface area contributed by atoms with Crippen LogP contribution in [0.15, 0.2) is 6.07 Å². The number of carboxylic acids is 1. The number of urea groups is 1. The standard InChI is InChI=1S/C12H20N4O3/c1-8-7-9(2)16(15-8)6-4-5-13-12(19)14-10(3)11(17)18/h7,10H,4-6H2,1-3H3,(H,17,18)(H2,13,14,19). The molecule has 0 aromatic carbocycles. The molecule has 3 N–H and O–H groups in total. The molecule has 1 aromatic rings. The van der Waals surface area contributed by atoms with E-state index in [0.717, 1.165) is 17.8 Å². The summed E-state index contributed by atoms with van der Waals surface area (Å²) in [5.74, 6) is -1.06. The van der Waals surface area contributed by atoms with Gasteiger partial charge >= 0.3 is 12.0 Å². The number of nitrogens with zero attached hydrogens (tertiary/aromatic N) is 2. The summed E-state index contributed by atoms with van der Waals surface area (Å²) in [4.78, 5) is 21.9. The molecule has 1 heterocycles. The summed E-state index contributed by atoms with van der Waals surface area (Å²) in [5, 5.41) is 17.9. The van der Waals surface area contributed by atoms with Crippen LogP contribution in [0.25, 0.3) is 0 Å². The van der Waals surface area contributed by atoms with Gasteiger partial charge in [0.15, 0.2) is 0 Å². The van der Waals surface area contributed by atoms with Gasteiger partial charge in [0.2, 0.25) is 0 Å². The first-order chi connectivity index (χ1) is 8.90. The Kier molecular flexibility index (Phi) is 5.35. The Balaban J connectivity index is 2.22. The molecule has 0 aliphatic heterocycles. The van der Waals surface area contributed by atoms with Crippen LogP contribution in [-0.4, -0.2) is 39.5 Å². The first kappa shape index (κ1) is 15.0. The maximum atomic E-state index is 11.3. The minimum atomic E-state index is -1.06. The molecule has 7 nitrogen and oxygen atoms in total. The van der Waals surface area contributed by atoms with Crippen LogP contribution >= 0.6 is 0 Å². The van der Waals surface area contributed by atoms with Crippen LogP contribution in [0.4, 0.5) is 4.79 Å². The lowest BCUT2D eigenvalue weighted by Gasteiger charge is -2.10. The van der Waals surface area contributed by atoms with Gasteiger partial charge in [0.1, 0.15) is 6.04 Å². The number of carbonyl (C=O) groups is 2. The van der Waals surface area contributed by atoms with E-state index in [2.05, 4.69) is 15.7 Å². The molecule has 1 unspecified atom stereocenters. The van der Waals surface area contributed by atoms with Crippen LogP contribution < -0.4 is 10.6 Å². The number of aromatic nitrogens is 2. The molecular weight excluding hydrogens is 248 g/mol. The van der Waals surface area contributed by atoms with Gasteiger partial charge in [-0.25, -0.2) is 4.79 Å². The van der Waals surface area contributed by atoms with Crippen molar-refractivity contribution in [2.75, 3.05) is 6.54 Å². The Bertz CT molecular complexity index is 456. The van der Waals surface area contributed by atoms with Crippen molar-refractivity contribution in [3.8, 4) is 0 Å². The molecule has 0 radical (unpaired) electrons. The van der Waals surface area contributed by atoms with E-state index in [1.165, 1.54) is 6.92 Å². The fourth-order valence-corrected chi connectivity index (χ4v) is 1.64. The van der Waals surface area contributed by atoms with E-state index in [-0.39, 0.29) is 0 Å². The zero-order chi connectivity index (χ0) is 14.4. The lowest BCUT2D eigenvalue weighted by Crippen LogP contribution is -2.44. The molecule has 1 atom stereocenters. The number of amides is 2. The quantitative estimate of drug-likeness (QED) is 0.660. The monoisotopic (exact) mass is 268 g/mol. The molecular formula is C12H20N4O3. The highest BCUT2D eigenvalue weighted by Crippen LogP contribution is 2.02. The van der Waals surface area contributed by atoms with Crippen LogP contribution in [0.2, 0.25) is 0 Å². The zero-order valence-electron chi connectivity index (χ0n) is 11.4. The molecule has 0 aliphatic rings. The number of aliphatic carboxylic acids is 1. The summed E-state index contributed by atoms with van der Waals surface area (Å²) in [5.41, 5.74) is 2.06. The molecule has 0 saturated heterocycles. The van der Waals surface area contributed by atoms with Crippen molar-refractivity contribution in [2.45, 2.75) is 39.8 Å². The molecule has 0 aliphatic carbocycles. The van der Waals surface area contributed by atoms with Gasteiger partial charge in [0, 0.05) is 18.8 Å². The Morgan fingerprint density at radius 2 is 2.16 bits per heavy atom. The number of nitrogens with one attached hydrogen (secondary N) is 2. The zero-order valence-corrected chi connectivity index (χ0v) is 11.4. The predicted molar refractivity (Wildman–Crippen MR) is 70.0 cm³/mol. The minimum absolute atomic E-state index is 0.469. The summed E-state index contributed by atoms with van der Waals surface area (Å²) in [6, 6.07) is 0.633. The molecule has 106 valence electrons. The average molecular weight is 268 g/mol. The van der Waals surface area contributed by atoms with Crippen molar-refractivity contribution >= 4 is 12.0 Å². The van der Waals surface area contributed by atoms with E-state index in [1.54, 1.807) is 0 Å². The van der Waals surface area contributed by atoms with Crippen LogP contribution in [0.5, 0.6) is 0 Å². The van der Waals surface area contributed by atoms with Gasteiger partial charge in [0.25, 0.3) is 0 Å². The number of aryl methyl sites for hydroxylation is 3. The number of carbonyl (C=O) groups excluding carboxylic acids is 1. The SMILES string of the molecule is Cc1cc(C)n(CCCNC(=O)NC(C)C(=O)O)n1. The second kappa shape index (κ2) is 6.77. The second-order valence-corrected chi connectivity index (χ2v) is 4.46. The average Bonchev–Trinajstić information content (AvgIpc) is 2.63. The third-order valence-electron chi connectivity index (χ3n) is 2.65. The van der Waals surface area contributed by atoms with Gasteiger partial charge in [-0.15, -0.1) is 0 Å². The van der Waals surface area contributed by atoms with Crippen molar-refractivity contribution in [3.05, 3.63) is 17.5 Å². The molecule has 2 amide bonds. The number of hydrogen-bond acceptors (Lipinski definition) is 3. The number of rotatable bonds is 6. The highest BCUT2D eigenvalue weighted by Gasteiger charge is 2.12. The Morgan fingerprint density at radius 3 is 2.68 bits per heavy atom. The number of carboxylic acid groups (broad SMARTS) is 1. The summed E-state index contributed by atoms with van der Waals surface area (Å²) in [6.45, 7) is 6.51. The first-order valence-corrected chi connectivity index (χ1v) is 6.18. The van der Waals surface area contributed by atoms with E-state index in [4.69, 9.17) is 5.11 Å². The van der Waals surface area contributed by atoms with Crippen molar-refractivity contribution in [1.29, 1.82) is 0 Å². The largest absolute Gasteiger partial charge is 0.480 e. The fourth-order valence-electron chi connectivity index (χ4n) is 1.64. The Morgan fingerprint density at radius 1 is 1.47 bits per heavy atom. The summed E-state index contributed by atoms with van der Waals surface area (Å²) in [7, 11) is 0. The van der Waals surface area contributed by atoms with Gasteiger partial charge < -0.3 is 15.7 Å². The van der Waals surface area contributed by atoms with Crippen LogP contribution in [-0.2, 0) is 11.3 Å². The summed E-state index contributed by atoms with van der Waals surface area (Å²) < 4.78 is 1.88. The van der Waals surface area contributed by atoms with Gasteiger partial charge in [0.05, 0.1) is 5.69 Å². The molecule has 0 spiro atoms. The van der Waals surface area contributed by atoms with Crippen molar-refractivity contribution in [1.82, 2.24) is 20.4 Å². The van der Waals surface area contributed by atoms with Crippen LogP contribution in [0.1, 0.15) is 24.7 Å². The highest BCUT2D eigenvalue weighted by molar-refractivity contribution is 5.82.